The normalized spacial score (nSPS) is 35.2. The molecule has 2 fully saturated rings. The topological polar surface area (TPSA) is 63.6 Å². The summed E-state index contributed by atoms with van der Waals surface area (Å²) in [4.78, 5) is 4.37. The number of methoxy groups -OCH3 is 1. The minimum atomic E-state index is -0.876. The summed E-state index contributed by atoms with van der Waals surface area (Å²) in [5.74, 6) is 0.542. The van der Waals surface area contributed by atoms with Gasteiger partial charge < -0.3 is 19.9 Å². The summed E-state index contributed by atoms with van der Waals surface area (Å²) >= 11 is 0. The number of aliphatic hydroxyl groups is 1. The first-order valence-electron chi connectivity index (χ1n) is 6.27. The highest BCUT2D eigenvalue weighted by Crippen LogP contribution is 2.36. The molecule has 0 saturated carbocycles. The van der Waals surface area contributed by atoms with Gasteiger partial charge in [-0.1, -0.05) is 6.07 Å². The van der Waals surface area contributed by atoms with Crippen molar-refractivity contribution in [3.05, 3.63) is 23.9 Å². The van der Waals surface area contributed by atoms with E-state index in [0.29, 0.717) is 37.6 Å². The lowest BCUT2D eigenvalue weighted by molar-refractivity contribution is -0.0825. The van der Waals surface area contributed by atoms with Crippen LogP contribution in [-0.4, -0.2) is 42.5 Å². The lowest BCUT2D eigenvalue weighted by atomic mass is 9.80. The Bertz CT molecular complexity index is 426. The second-order valence-corrected chi connectivity index (χ2v) is 5.10. The van der Waals surface area contributed by atoms with E-state index in [2.05, 4.69) is 10.3 Å². The zero-order valence-electron chi connectivity index (χ0n) is 10.4. The standard InChI is InChI=1S/C13H18N2O3/c1-17-12-4-2-3-11(15-12)13(16)5-9-7-18-8-10(6-13)14-9/h2-4,9-10,14,16H,5-8H2,1H3. The number of aromatic nitrogens is 1. The first-order valence-corrected chi connectivity index (χ1v) is 6.27. The molecule has 3 heterocycles. The van der Waals surface area contributed by atoms with Crippen LogP contribution in [0.15, 0.2) is 18.2 Å². The van der Waals surface area contributed by atoms with Gasteiger partial charge in [0.15, 0.2) is 0 Å². The van der Waals surface area contributed by atoms with Gasteiger partial charge >= 0.3 is 0 Å². The molecule has 0 radical (unpaired) electrons. The molecule has 3 rings (SSSR count). The third-order valence-corrected chi connectivity index (χ3v) is 3.69. The van der Waals surface area contributed by atoms with Crippen LogP contribution in [0.3, 0.4) is 0 Å². The monoisotopic (exact) mass is 250 g/mol. The summed E-state index contributed by atoms with van der Waals surface area (Å²) in [6.45, 7) is 1.31. The van der Waals surface area contributed by atoms with Crippen molar-refractivity contribution in [1.29, 1.82) is 0 Å². The molecule has 0 amide bonds. The number of pyridine rings is 1. The maximum Gasteiger partial charge on any atom is 0.213 e. The molecule has 2 aliphatic rings. The van der Waals surface area contributed by atoms with E-state index < -0.39 is 5.60 Å². The molecule has 2 bridgehead atoms. The van der Waals surface area contributed by atoms with Crippen molar-refractivity contribution >= 4 is 0 Å². The van der Waals surface area contributed by atoms with Crippen molar-refractivity contribution in [3.63, 3.8) is 0 Å². The van der Waals surface area contributed by atoms with Crippen LogP contribution in [-0.2, 0) is 10.3 Å². The number of piperidine rings is 1. The Balaban J connectivity index is 1.89. The Morgan fingerprint density at radius 1 is 1.39 bits per heavy atom. The van der Waals surface area contributed by atoms with Crippen molar-refractivity contribution in [1.82, 2.24) is 10.3 Å². The third kappa shape index (κ3) is 2.09. The van der Waals surface area contributed by atoms with E-state index in [4.69, 9.17) is 9.47 Å². The van der Waals surface area contributed by atoms with E-state index in [-0.39, 0.29) is 12.1 Å². The molecule has 2 unspecified atom stereocenters. The number of hydrogen-bond donors (Lipinski definition) is 2. The summed E-state index contributed by atoms with van der Waals surface area (Å²) in [5.41, 5.74) is -0.181. The fraction of sp³-hybridized carbons (Fsp3) is 0.615. The van der Waals surface area contributed by atoms with Crippen LogP contribution < -0.4 is 10.1 Å². The summed E-state index contributed by atoms with van der Waals surface area (Å²) in [5, 5.41) is 14.3. The predicted molar refractivity (Wildman–Crippen MR) is 65.5 cm³/mol. The summed E-state index contributed by atoms with van der Waals surface area (Å²) in [6.07, 6.45) is 1.26. The van der Waals surface area contributed by atoms with Gasteiger partial charge in [0.1, 0.15) is 5.60 Å². The Kier molecular flexibility index (Phi) is 2.97. The number of nitrogens with zero attached hydrogens (tertiary/aromatic N) is 1. The number of nitrogens with one attached hydrogen (secondary N) is 1. The largest absolute Gasteiger partial charge is 0.481 e. The number of morpholine rings is 1. The highest BCUT2D eigenvalue weighted by atomic mass is 16.5. The highest BCUT2D eigenvalue weighted by molar-refractivity contribution is 5.22. The van der Waals surface area contributed by atoms with E-state index in [0.717, 1.165) is 0 Å². The number of ether oxygens (including phenoxy) is 2. The van der Waals surface area contributed by atoms with E-state index in [1.54, 1.807) is 13.2 Å². The first-order chi connectivity index (χ1) is 8.69. The van der Waals surface area contributed by atoms with Crippen LogP contribution in [0, 0.1) is 0 Å². The van der Waals surface area contributed by atoms with E-state index in [9.17, 15) is 5.11 Å². The third-order valence-electron chi connectivity index (χ3n) is 3.69. The van der Waals surface area contributed by atoms with Crippen LogP contribution >= 0.6 is 0 Å². The lowest BCUT2D eigenvalue weighted by Crippen LogP contribution is -2.58. The molecule has 0 aromatic carbocycles. The molecule has 2 saturated heterocycles. The van der Waals surface area contributed by atoms with Crippen LogP contribution in [0.2, 0.25) is 0 Å². The summed E-state index contributed by atoms with van der Waals surface area (Å²) in [7, 11) is 1.58. The van der Waals surface area contributed by atoms with Gasteiger partial charge in [-0.15, -0.1) is 0 Å². The zero-order valence-corrected chi connectivity index (χ0v) is 10.4. The minimum Gasteiger partial charge on any atom is -0.481 e. The Hall–Kier alpha value is -1.17. The fourth-order valence-corrected chi connectivity index (χ4v) is 2.91. The van der Waals surface area contributed by atoms with Crippen molar-refractivity contribution < 1.29 is 14.6 Å². The number of fused-ring (bicyclic) bond motifs is 2. The molecular weight excluding hydrogens is 232 g/mol. The van der Waals surface area contributed by atoms with Gasteiger partial charge in [-0.05, 0) is 18.9 Å². The molecule has 18 heavy (non-hydrogen) atoms. The van der Waals surface area contributed by atoms with Crippen molar-refractivity contribution in [2.75, 3.05) is 20.3 Å². The smallest absolute Gasteiger partial charge is 0.213 e. The maximum atomic E-state index is 10.9. The molecule has 0 spiro atoms. The van der Waals surface area contributed by atoms with Gasteiger partial charge in [0, 0.05) is 18.2 Å². The molecule has 2 atom stereocenters. The summed E-state index contributed by atoms with van der Waals surface area (Å²) < 4.78 is 10.6. The van der Waals surface area contributed by atoms with Crippen LogP contribution in [0.1, 0.15) is 18.5 Å². The Labute approximate surface area is 106 Å². The molecule has 2 aliphatic heterocycles. The van der Waals surface area contributed by atoms with Crippen LogP contribution in [0.25, 0.3) is 0 Å². The van der Waals surface area contributed by atoms with Gasteiger partial charge in [0.2, 0.25) is 5.88 Å². The maximum absolute atomic E-state index is 10.9. The SMILES string of the molecule is COc1cccc(C2(O)CC3COCC(C2)N3)n1. The van der Waals surface area contributed by atoms with Crippen LogP contribution in [0.4, 0.5) is 0 Å². The second-order valence-electron chi connectivity index (χ2n) is 5.10. The van der Waals surface area contributed by atoms with Crippen LogP contribution in [0.5, 0.6) is 5.88 Å². The Morgan fingerprint density at radius 2 is 2.11 bits per heavy atom. The minimum absolute atomic E-state index is 0.204. The van der Waals surface area contributed by atoms with Crippen molar-refractivity contribution in [2.24, 2.45) is 0 Å². The van der Waals surface area contributed by atoms with Gasteiger partial charge in [-0.25, -0.2) is 4.98 Å². The predicted octanol–water partition coefficient (Wildman–Crippen LogP) is 0.429. The molecule has 98 valence electrons. The first kappa shape index (κ1) is 11.9. The molecule has 0 aliphatic carbocycles. The van der Waals surface area contributed by atoms with Gasteiger partial charge in [-0.2, -0.15) is 0 Å². The molecule has 1 aromatic heterocycles. The van der Waals surface area contributed by atoms with Gasteiger partial charge in [-0.3, -0.25) is 0 Å². The van der Waals surface area contributed by atoms with E-state index in [1.807, 2.05) is 12.1 Å². The summed E-state index contributed by atoms with van der Waals surface area (Å²) in [6, 6.07) is 5.93. The average Bonchev–Trinajstić information content (AvgIpc) is 2.38. The molecular formula is C13H18N2O3. The quantitative estimate of drug-likeness (QED) is 0.797. The fourth-order valence-electron chi connectivity index (χ4n) is 2.91. The van der Waals surface area contributed by atoms with Gasteiger partial charge in [0.25, 0.3) is 0 Å². The molecule has 5 nitrogen and oxygen atoms in total. The lowest BCUT2D eigenvalue weighted by Gasteiger charge is -2.44. The molecule has 1 aromatic rings. The number of rotatable bonds is 2. The van der Waals surface area contributed by atoms with Crippen molar-refractivity contribution in [3.8, 4) is 5.88 Å². The highest BCUT2D eigenvalue weighted by Gasteiger charge is 2.43. The van der Waals surface area contributed by atoms with E-state index >= 15 is 0 Å². The number of hydrogen-bond acceptors (Lipinski definition) is 5. The zero-order chi connectivity index (χ0) is 12.6. The molecule has 2 N–H and O–H groups in total. The Morgan fingerprint density at radius 3 is 2.78 bits per heavy atom. The molecule has 5 heteroatoms. The van der Waals surface area contributed by atoms with E-state index in [1.165, 1.54) is 0 Å². The second kappa shape index (κ2) is 4.50. The average molecular weight is 250 g/mol. The van der Waals surface area contributed by atoms with Crippen molar-refractivity contribution in [2.45, 2.75) is 30.5 Å². The van der Waals surface area contributed by atoms with Gasteiger partial charge in [0.05, 0.1) is 26.0 Å².